The maximum Gasteiger partial charge on any atom is 0.174 e. The van der Waals surface area contributed by atoms with E-state index in [4.69, 9.17) is 21.6 Å². The maximum absolute atomic E-state index is 12.7. The number of hydrogen-bond acceptors (Lipinski definition) is 6. The minimum Gasteiger partial charge on any atom is -0.478 e. The Morgan fingerprint density at radius 1 is 1.10 bits per heavy atom. The van der Waals surface area contributed by atoms with Crippen molar-refractivity contribution in [3.05, 3.63) is 72.3 Å². The summed E-state index contributed by atoms with van der Waals surface area (Å²) in [6.07, 6.45) is 4.63. The molecule has 0 radical (unpaired) electrons. The number of hydrogen-bond donors (Lipinski definition) is 1. The van der Waals surface area contributed by atoms with Crippen LogP contribution in [0.5, 0.6) is 5.75 Å². The van der Waals surface area contributed by atoms with Crippen LogP contribution in [-0.4, -0.2) is 25.8 Å². The highest BCUT2D eigenvalue weighted by Crippen LogP contribution is 2.35. The van der Waals surface area contributed by atoms with Gasteiger partial charge in [-0.05, 0) is 47.9 Å². The molecule has 0 aliphatic heterocycles. The molecule has 30 heavy (non-hydrogen) atoms. The monoisotopic (exact) mass is 435 g/mol. The third kappa shape index (κ3) is 4.22. The molecule has 2 aromatic carbocycles. The van der Waals surface area contributed by atoms with Crippen molar-refractivity contribution >= 4 is 39.2 Å². The van der Waals surface area contributed by atoms with Crippen molar-refractivity contribution in [3.8, 4) is 23.1 Å². The number of nitrogens with one attached hydrogen (secondary N) is 1. The van der Waals surface area contributed by atoms with Gasteiger partial charge in [0, 0.05) is 28.4 Å². The summed E-state index contributed by atoms with van der Waals surface area (Å²) in [4.78, 5) is 13.0. The zero-order valence-corrected chi connectivity index (χ0v) is 17.0. The van der Waals surface area contributed by atoms with Gasteiger partial charge in [-0.3, -0.25) is 9.71 Å². The fraction of sp³-hybridized carbons (Fsp3) is 0.0476. The lowest BCUT2D eigenvalue weighted by Gasteiger charge is -2.12. The average Bonchev–Trinajstić information content (AvgIpc) is 2.77. The van der Waals surface area contributed by atoms with Crippen LogP contribution < -0.4 is 9.46 Å². The van der Waals surface area contributed by atoms with Crippen LogP contribution in [0.15, 0.2) is 72.1 Å². The molecular formula is C21H14ClN5O2S. The second-order valence-electron chi connectivity index (χ2n) is 6.10. The molecule has 1 atom stereocenters. The second-order valence-corrected chi connectivity index (χ2v) is 7.74. The molecule has 0 saturated carbocycles. The van der Waals surface area contributed by atoms with Crippen molar-refractivity contribution < 1.29 is 8.95 Å². The lowest BCUT2D eigenvalue weighted by molar-refractivity contribution is 0.369. The first-order chi connectivity index (χ1) is 14.7. The van der Waals surface area contributed by atoms with E-state index in [0.717, 1.165) is 10.8 Å². The van der Waals surface area contributed by atoms with Gasteiger partial charge in [0.1, 0.15) is 24.0 Å². The molecule has 0 aliphatic rings. The molecule has 4 aromatic rings. The molecule has 0 amide bonds. The van der Waals surface area contributed by atoms with E-state index >= 15 is 0 Å². The number of anilines is 1. The molecular weight excluding hydrogens is 422 g/mol. The first kappa shape index (κ1) is 19.8. The third-order valence-corrected chi connectivity index (χ3v) is 5.53. The molecule has 0 saturated heterocycles. The first-order valence-electron chi connectivity index (χ1n) is 8.78. The normalized spacial score (nSPS) is 11.6. The maximum atomic E-state index is 12.7. The highest BCUT2D eigenvalue weighted by Gasteiger charge is 2.14. The Labute approximate surface area is 179 Å². The zero-order chi connectivity index (χ0) is 20.9. The van der Waals surface area contributed by atoms with Gasteiger partial charge in [-0.25, -0.2) is 14.2 Å². The first-order valence-corrected chi connectivity index (χ1v) is 10.3. The minimum absolute atomic E-state index is 0.101. The number of benzene rings is 2. The number of rotatable bonds is 6. The van der Waals surface area contributed by atoms with Crippen molar-refractivity contribution in [2.45, 2.75) is 4.90 Å². The summed E-state index contributed by atoms with van der Waals surface area (Å²) in [6.45, 7) is -0.101. The van der Waals surface area contributed by atoms with Gasteiger partial charge in [0.05, 0.1) is 10.6 Å². The number of ether oxygens (including phenoxy) is 1. The van der Waals surface area contributed by atoms with Gasteiger partial charge in [0.15, 0.2) is 17.6 Å². The third-order valence-electron chi connectivity index (χ3n) is 4.22. The van der Waals surface area contributed by atoms with Gasteiger partial charge in [-0.2, -0.15) is 5.26 Å². The summed E-state index contributed by atoms with van der Waals surface area (Å²) in [5, 5.41) is 11.1. The van der Waals surface area contributed by atoms with Gasteiger partial charge in [-0.15, -0.1) is 0 Å². The predicted molar refractivity (Wildman–Crippen MR) is 115 cm³/mol. The molecule has 2 aromatic heterocycles. The summed E-state index contributed by atoms with van der Waals surface area (Å²) >= 11 is 6.09. The number of pyridine rings is 1. The van der Waals surface area contributed by atoms with Crippen LogP contribution >= 0.6 is 11.6 Å². The van der Waals surface area contributed by atoms with Gasteiger partial charge >= 0.3 is 0 Å². The van der Waals surface area contributed by atoms with Crippen molar-refractivity contribution in [2.75, 3.05) is 11.3 Å². The molecule has 1 unspecified atom stereocenters. The average molecular weight is 436 g/mol. The Kier molecular flexibility index (Phi) is 5.84. The van der Waals surface area contributed by atoms with Gasteiger partial charge in [0.25, 0.3) is 0 Å². The molecule has 148 valence electrons. The lowest BCUT2D eigenvalue weighted by atomic mass is 10.0. The number of nitriles is 1. The highest BCUT2D eigenvalue weighted by atomic mass is 35.5. The molecule has 2 heterocycles. The largest absolute Gasteiger partial charge is 0.478 e. The van der Waals surface area contributed by atoms with Crippen LogP contribution in [-0.2, 0) is 11.0 Å². The van der Waals surface area contributed by atoms with Crippen LogP contribution in [0, 0.1) is 11.3 Å². The fourth-order valence-corrected chi connectivity index (χ4v) is 3.93. The Hall–Kier alpha value is -3.54. The van der Waals surface area contributed by atoms with E-state index < -0.39 is 11.0 Å². The number of halogens is 1. The van der Waals surface area contributed by atoms with Crippen LogP contribution in [0.2, 0.25) is 5.02 Å². The van der Waals surface area contributed by atoms with Crippen molar-refractivity contribution in [2.24, 2.45) is 0 Å². The highest BCUT2D eigenvalue weighted by molar-refractivity contribution is 7.86. The van der Waals surface area contributed by atoms with E-state index in [2.05, 4.69) is 19.7 Å². The van der Waals surface area contributed by atoms with Crippen molar-refractivity contribution in [1.82, 2.24) is 15.0 Å². The number of aromatic nitrogens is 3. The van der Waals surface area contributed by atoms with E-state index in [-0.39, 0.29) is 6.61 Å². The molecule has 1 N–H and O–H groups in total. The Morgan fingerprint density at radius 3 is 2.80 bits per heavy atom. The van der Waals surface area contributed by atoms with E-state index in [9.17, 15) is 4.21 Å². The molecule has 4 rings (SSSR count). The smallest absolute Gasteiger partial charge is 0.174 e. The van der Waals surface area contributed by atoms with E-state index in [1.165, 1.54) is 6.33 Å². The summed E-state index contributed by atoms with van der Waals surface area (Å²) in [6, 6.07) is 16.1. The van der Waals surface area contributed by atoms with Crippen LogP contribution in [0.25, 0.3) is 22.0 Å². The van der Waals surface area contributed by atoms with Gasteiger partial charge in [-0.1, -0.05) is 17.7 Å². The lowest BCUT2D eigenvalue weighted by Crippen LogP contribution is -2.06. The number of nitrogens with zero attached hydrogens (tertiary/aromatic N) is 4. The molecule has 0 aliphatic carbocycles. The predicted octanol–water partition coefficient (Wildman–Crippen LogP) is 4.38. The summed E-state index contributed by atoms with van der Waals surface area (Å²) in [7, 11) is -1.49. The molecule has 0 bridgehead atoms. The topological polar surface area (TPSA) is 101 Å². The standard InChI is InChI=1S/C21H14ClN5O2S/c22-15-1-3-18(19(12-15)29-10-7-23)21-17-4-2-16(11-14(17)5-9-25-21)30(28)27-20-6-8-24-13-26-20/h1-6,8-9,11-13H,10H2,(H,24,26,27). The Balaban J connectivity index is 1.72. The zero-order valence-electron chi connectivity index (χ0n) is 15.4. The van der Waals surface area contributed by atoms with Crippen LogP contribution in [0.1, 0.15) is 0 Å². The van der Waals surface area contributed by atoms with Gasteiger partial charge in [0.2, 0.25) is 0 Å². The van der Waals surface area contributed by atoms with Crippen LogP contribution in [0.4, 0.5) is 5.82 Å². The quantitative estimate of drug-likeness (QED) is 0.482. The molecule has 7 nitrogen and oxygen atoms in total. The minimum atomic E-state index is -1.49. The van der Waals surface area contributed by atoms with E-state index in [1.807, 2.05) is 24.3 Å². The fourth-order valence-electron chi connectivity index (χ4n) is 2.91. The second kappa shape index (κ2) is 8.86. The van der Waals surface area contributed by atoms with Crippen molar-refractivity contribution in [1.29, 1.82) is 5.26 Å². The van der Waals surface area contributed by atoms with Crippen molar-refractivity contribution in [3.63, 3.8) is 0 Å². The summed E-state index contributed by atoms with van der Waals surface area (Å²) in [5.74, 6) is 0.946. The Morgan fingerprint density at radius 2 is 2.00 bits per heavy atom. The van der Waals surface area contributed by atoms with Gasteiger partial charge < -0.3 is 4.74 Å². The Bertz CT molecular complexity index is 1280. The van der Waals surface area contributed by atoms with E-state index in [1.54, 1.807) is 42.7 Å². The number of fused-ring (bicyclic) bond motifs is 1. The van der Waals surface area contributed by atoms with Crippen LogP contribution in [0.3, 0.4) is 0 Å². The molecule has 0 fully saturated rings. The molecule has 9 heteroatoms. The SMILES string of the molecule is N#CCOc1cc(Cl)ccc1-c1nccc2cc(S(=O)Nc3ccncn3)ccc12. The summed E-state index contributed by atoms with van der Waals surface area (Å²) in [5.41, 5.74) is 1.39. The summed E-state index contributed by atoms with van der Waals surface area (Å²) < 4.78 is 21.1. The molecule has 0 spiro atoms. The van der Waals surface area contributed by atoms with E-state index in [0.29, 0.717) is 32.7 Å².